The Morgan fingerprint density at radius 2 is 2.14 bits per heavy atom. The van der Waals surface area contributed by atoms with Gasteiger partial charge in [0, 0.05) is 38.4 Å². The van der Waals surface area contributed by atoms with E-state index in [0.717, 1.165) is 0 Å². The number of amides is 1. The lowest BCUT2D eigenvalue weighted by molar-refractivity contribution is -0.160. The summed E-state index contributed by atoms with van der Waals surface area (Å²) in [6.07, 6.45) is -0.624. The van der Waals surface area contributed by atoms with Gasteiger partial charge in [-0.2, -0.15) is 0 Å². The van der Waals surface area contributed by atoms with Crippen molar-refractivity contribution < 1.29 is 13.6 Å². The number of alkyl halides is 2. The molecule has 0 heterocycles. The number of halogens is 2. The lowest BCUT2D eigenvalue weighted by Crippen LogP contribution is -2.49. The Labute approximate surface area is 82.2 Å². The first-order valence-electron chi connectivity index (χ1n) is 4.72. The van der Waals surface area contributed by atoms with E-state index in [1.807, 2.05) is 0 Å². The predicted molar refractivity (Wildman–Crippen MR) is 49.0 cm³/mol. The molecule has 0 aromatic rings. The average molecular weight is 206 g/mol. The first-order chi connectivity index (χ1) is 6.37. The minimum Gasteiger partial charge on any atom is -0.342 e. The highest BCUT2D eigenvalue weighted by atomic mass is 19.3. The molecule has 1 aliphatic rings. The number of hydrogen-bond acceptors (Lipinski definition) is 2. The highest BCUT2D eigenvalue weighted by Gasteiger charge is 2.49. The van der Waals surface area contributed by atoms with Gasteiger partial charge in [0.2, 0.25) is 11.8 Å². The third kappa shape index (κ3) is 2.20. The molecule has 1 saturated carbocycles. The number of carbonyl (C=O) groups excluding carboxylic acids is 1. The summed E-state index contributed by atoms with van der Waals surface area (Å²) in [7, 11) is 1.61. The maximum absolute atomic E-state index is 12.5. The number of nitrogens with zero attached hydrogens (tertiary/aromatic N) is 1. The van der Waals surface area contributed by atoms with Crippen molar-refractivity contribution in [1.82, 2.24) is 4.90 Å². The van der Waals surface area contributed by atoms with E-state index in [-0.39, 0.29) is 24.8 Å². The Balaban J connectivity index is 2.44. The van der Waals surface area contributed by atoms with Crippen molar-refractivity contribution in [3.8, 4) is 0 Å². The van der Waals surface area contributed by atoms with Crippen LogP contribution in [0.1, 0.15) is 19.8 Å². The van der Waals surface area contributed by atoms with Crippen LogP contribution in [0, 0.1) is 5.92 Å². The summed E-state index contributed by atoms with van der Waals surface area (Å²) in [6, 6.07) is -0.0864. The molecule has 0 bridgehead atoms. The van der Waals surface area contributed by atoms with E-state index in [0.29, 0.717) is 6.54 Å². The summed E-state index contributed by atoms with van der Waals surface area (Å²) in [5, 5.41) is 0. The van der Waals surface area contributed by atoms with Crippen molar-refractivity contribution in [3.63, 3.8) is 0 Å². The molecule has 82 valence electrons. The van der Waals surface area contributed by atoms with Crippen LogP contribution in [0.3, 0.4) is 0 Å². The third-order valence-corrected chi connectivity index (χ3v) is 2.79. The van der Waals surface area contributed by atoms with Gasteiger partial charge in [-0.05, 0) is 6.92 Å². The molecule has 0 saturated heterocycles. The van der Waals surface area contributed by atoms with E-state index >= 15 is 0 Å². The van der Waals surface area contributed by atoms with Gasteiger partial charge >= 0.3 is 0 Å². The zero-order chi connectivity index (χ0) is 10.9. The Hall–Kier alpha value is -0.710. The average Bonchev–Trinajstić information content (AvgIpc) is 2.10. The van der Waals surface area contributed by atoms with Crippen LogP contribution in [0.15, 0.2) is 0 Å². The number of hydrogen-bond donors (Lipinski definition) is 1. The fourth-order valence-corrected chi connectivity index (χ4v) is 1.50. The monoisotopic (exact) mass is 206 g/mol. The molecule has 14 heavy (non-hydrogen) atoms. The van der Waals surface area contributed by atoms with Gasteiger partial charge in [-0.1, -0.05) is 0 Å². The summed E-state index contributed by atoms with van der Waals surface area (Å²) in [5.74, 6) is -3.36. The molecule has 1 rings (SSSR count). The van der Waals surface area contributed by atoms with E-state index in [1.54, 1.807) is 14.0 Å². The topological polar surface area (TPSA) is 46.3 Å². The fourth-order valence-electron chi connectivity index (χ4n) is 1.50. The highest BCUT2D eigenvalue weighted by Crippen LogP contribution is 2.43. The molecule has 0 spiro atoms. The van der Waals surface area contributed by atoms with E-state index in [2.05, 4.69) is 0 Å². The normalized spacial score (nSPS) is 22.6. The van der Waals surface area contributed by atoms with Gasteiger partial charge in [0.15, 0.2) is 0 Å². The third-order valence-electron chi connectivity index (χ3n) is 2.79. The highest BCUT2D eigenvalue weighted by molar-refractivity contribution is 5.80. The van der Waals surface area contributed by atoms with E-state index in [1.165, 1.54) is 4.90 Å². The van der Waals surface area contributed by atoms with Crippen molar-refractivity contribution in [2.75, 3.05) is 13.6 Å². The molecule has 1 fully saturated rings. The second kappa shape index (κ2) is 3.81. The molecule has 0 radical (unpaired) electrons. The van der Waals surface area contributed by atoms with Crippen LogP contribution in [0.5, 0.6) is 0 Å². The summed E-state index contributed by atoms with van der Waals surface area (Å²) < 4.78 is 25.0. The molecule has 0 aromatic heterocycles. The molecule has 0 aliphatic heterocycles. The van der Waals surface area contributed by atoms with E-state index in [4.69, 9.17) is 5.73 Å². The number of likely N-dealkylation sites (N-methyl/N-ethyl adjacent to an activating group) is 1. The fraction of sp³-hybridized carbons (Fsp3) is 0.889. The summed E-state index contributed by atoms with van der Waals surface area (Å²) in [6.45, 7) is 2.15. The van der Waals surface area contributed by atoms with Crippen molar-refractivity contribution in [1.29, 1.82) is 0 Å². The summed E-state index contributed by atoms with van der Waals surface area (Å²) in [4.78, 5) is 13.0. The van der Waals surface area contributed by atoms with Crippen LogP contribution in [0.25, 0.3) is 0 Å². The largest absolute Gasteiger partial charge is 0.342 e. The van der Waals surface area contributed by atoms with Crippen LogP contribution in [-0.2, 0) is 4.79 Å². The first kappa shape index (κ1) is 11.4. The Morgan fingerprint density at radius 1 is 1.64 bits per heavy atom. The Bertz CT molecular complexity index is 225. The van der Waals surface area contributed by atoms with Crippen LogP contribution >= 0.6 is 0 Å². The van der Waals surface area contributed by atoms with Gasteiger partial charge in [0.05, 0.1) is 0 Å². The van der Waals surface area contributed by atoms with E-state index in [9.17, 15) is 13.6 Å². The van der Waals surface area contributed by atoms with Gasteiger partial charge in [-0.25, -0.2) is 8.78 Å². The molecule has 1 aliphatic carbocycles. The molecule has 1 atom stereocenters. The van der Waals surface area contributed by atoms with Crippen molar-refractivity contribution in [3.05, 3.63) is 0 Å². The Morgan fingerprint density at radius 3 is 2.50 bits per heavy atom. The van der Waals surface area contributed by atoms with Gasteiger partial charge in [0.1, 0.15) is 0 Å². The zero-order valence-corrected chi connectivity index (χ0v) is 8.46. The summed E-state index contributed by atoms with van der Waals surface area (Å²) >= 11 is 0. The van der Waals surface area contributed by atoms with Crippen molar-refractivity contribution in [2.45, 2.75) is 31.7 Å². The van der Waals surface area contributed by atoms with Gasteiger partial charge in [0.25, 0.3) is 0 Å². The molecule has 1 unspecified atom stereocenters. The SMILES string of the molecule is CC(CN)N(C)C(=O)C1CC(F)(F)C1. The second-order valence-corrected chi connectivity index (χ2v) is 3.99. The molecule has 5 heteroatoms. The first-order valence-corrected chi connectivity index (χ1v) is 4.72. The second-order valence-electron chi connectivity index (χ2n) is 3.99. The lowest BCUT2D eigenvalue weighted by Gasteiger charge is -2.37. The predicted octanol–water partition coefficient (Wildman–Crippen LogP) is 0.837. The maximum atomic E-state index is 12.5. The van der Waals surface area contributed by atoms with Crippen LogP contribution in [0.2, 0.25) is 0 Å². The zero-order valence-electron chi connectivity index (χ0n) is 8.46. The van der Waals surface area contributed by atoms with E-state index < -0.39 is 11.8 Å². The molecule has 2 N–H and O–H groups in total. The standard InChI is InChI=1S/C9H16F2N2O/c1-6(5-12)13(2)8(14)7-3-9(10,11)4-7/h6-7H,3-5,12H2,1-2H3. The van der Waals surface area contributed by atoms with Crippen LogP contribution in [0.4, 0.5) is 8.78 Å². The minimum absolute atomic E-state index is 0.0864. The van der Waals surface area contributed by atoms with Crippen LogP contribution < -0.4 is 5.73 Å². The molecule has 3 nitrogen and oxygen atoms in total. The van der Waals surface area contributed by atoms with Crippen LogP contribution in [-0.4, -0.2) is 36.4 Å². The molecular formula is C9H16F2N2O. The van der Waals surface area contributed by atoms with Gasteiger partial charge < -0.3 is 10.6 Å². The quantitative estimate of drug-likeness (QED) is 0.743. The number of nitrogens with two attached hydrogens (primary N) is 1. The smallest absolute Gasteiger partial charge is 0.249 e. The van der Waals surface area contributed by atoms with Crippen molar-refractivity contribution >= 4 is 5.91 Å². The lowest BCUT2D eigenvalue weighted by atomic mass is 9.80. The molecule has 1 amide bonds. The maximum Gasteiger partial charge on any atom is 0.249 e. The Kier molecular flexibility index (Phi) is 3.09. The van der Waals surface area contributed by atoms with Gasteiger partial charge in [-0.15, -0.1) is 0 Å². The summed E-state index contributed by atoms with van der Waals surface area (Å²) in [5.41, 5.74) is 5.38. The van der Waals surface area contributed by atoms with Crippen molar-refractivity contribution in [2.24, 2.45) is 11.7 Å². The number of carbonyl (C=O) groups is 1. The molecule has 0 aromatic carbocycles. The van der Waals surface area contributed by atoms with Gasteiger partial charge in [-0.3, -0.25) is 4.79 Å². The molecular weight excluding hydrogens is 190 g/mol. The number of rotatable bonds is 3. The minimum atomic E-state index is -2.63.